The smallest absolute Gasteiger partial charge is 0.308 e. The van der Waals surface area contributed by atoms with Crippen molar-refractivity contribution in [2.45, 2.75) is 45.1 Å². The molecule has 1 N–H and O–H groups in total. The molecule has 182 valence electrons. The molecule has 8 heteroatoms. The molecule has 3 rings (SSSR count). The van der Waals surface area contributed by atoms with Crippen molar-refractivity contribution in [3.05, 3.63) is 64.1 Å². The minimum absolute atomic E-state index is 0.0129. The van der Waals surface area contributed by atoms with Crippen LogP contribution in [0.4, 0.5) is 0 Å². The van der Waals surface area contributed by atoms with Crippen molar-refractivity contribution < 1.29 is 23.9 Å². The lowest BCUT2D eigenvalue weighted by Gasteiger charge is -2.34. The molecule has 2 aromatic carbocycles. The molecule has 34 heavy (non-hydrogen) atoms. The fourth-order valence-corrected chi connectivity index (χ4v) is 4.16. The fraction of sp³-hybridized carbons (Fsp3) is 0.423. The van der Waals surface area contributed by atoms with Crippen molar-refractivity contribution in [2.75, 3.05) is 26.3 Å². The molecule has 1 heterocycles. The van der Waals surface area contributed by atoms with Gasteiger partial charge >= 0.3 is 5.97 Å². The molecule has 1 fully saturated rings. The van der Waals surface area contributed by atoms with E-state index < -0.39 is 12.0 Å². The summed E-state index contributed by atoms with van der Waals surface area (Å²) >= 11 is 3.51. The maximum absolute atomic E-state index is 12.9. The number of hydrogen-bond donors (Lipinski definition) is 1. The van der Waals surface area contributed by atoms with Gasteiger partial charge in [0.15, 0.2) is 6.61 Å². The third-order valence-corrected chi connectivity index (χ3v) is 6.28. The van der Waals surface area contributed by atoms with E-state index in [0.29, 0.717) is 25.3 Å². The second-order valence-electron chi connectivity index (χ2n) is 9.24. The molecule has 0 aliphatic carbocycles. The first-order valence-electron chi connectivity index (χ1n) is 11.3. The Balaban J connectivity index is 1.55. The Morgan fingerprint density at radius 1 is 1.15 bits per heavy atom. The first kappa shape index (κ1) is 25.7. The zero-order chi connectivity index (χ0) is 24.7. The predicted molar refractivity (Wildman–Crippen MR) is 133 cm³/mol. The van der Waals surface area contributed by atoms with E-state index in [1.54, 1.807) is 0 Å². The Bertz CT molecular complexity index is 1020. The van der Waals surface area contributed by atoms with Gasteiger partial charge in [0.1, 0.15) is 11.8 Å². The molecule has 1 atom stereocenters. The summed E-state index contributed by atoms with van der Waals surface area (Å²) in [7, 11) is 0. The summed E-state index contributed by atoms with van der Waals surface area (Å²) in [6.07, 6.45) is 0.388. The normalized spacial score (nSPS) is 16.1. The van der Waals surface area contributed by atoms with Gasteiger partial charge in [0.05, 0.1) is 17.5 Å². The number of ether oxygens (including phenoxy) is 2. The molecule has 0 spiro atoms. The molecule has 1 unspecified atom stereocenters. The van der Waals surface area contributed by atoms with Gasteiger partial charge in [0.25, 0.3) is 5.91 Å². The third-order valence-electron chi connectivity index (χ3n) is 5.66. The van der Waals surface area contributed by atoms with E-state index in [9.17, 15) is 14.4 Å². The van der Waals surface area contributed by atoms with Crippen LogP contribution in [0.1, 0.15) is 38.3 Å². The Kier molecular flexibility index (Phi) is 8.72. The first-order chi connectivity index (χ1) is 16.1. The van der Waals surface area contributed by atoms with Gasteiger partial charge < -0.3 is 19.7 Å². The Morgan fingerprint density at radius 2 is 1.88 bits per heavy atom. The zero-order valence-electron chi connectivity index (χ0n) is 19.8. The quantitative estimate of drug-likeness (QED) is 0.526. The van der Waals surface area contributed by atoms with Crippen LogP contribution in [0.3, 0.4) is 0 Å². The number of carbonyl (C=O) groups excluding carboxylic acids is 3. The van der Waals surface area contributed by atoms with E-state index in [1.165, 1.54) is 4.90 Å². The number of carbonyl (C=O) groups is 3. The van der Waals surface area contributed by atoms with Crippen LogP contribution in [0.25, 0.3) is 0 Å². The van der Waals surface area contributed by atoms with Crippen LogP contribution in [-0.4, -0.2) is 55.0 Å². The Labute approximate surface area is 208 Å². The molecule has 7 nitrogen and oxygen atoms in total. The maximum Gasteiger partial charge on any atom is 0.308 e. The van der Waals surface area contributed by atoms with Gasteiger partial charge in [-0.15, -0.1) is 0 Å². The standard InChI is InChI=1S/C26H31BrN2O5/c1-26(2,3)19-9-10-22(20(27)15-19)34-17-23(30)29-13-12-28-25(32)21(29)16-24(31)33-14-11-18-7-5-4-6-8-18/h4-10,15,21H,11-14,16-17H2,1-3H3,(H,28,32). The van der Waals surface area contributed by atoms with Crippen LogP contribution >= 0.6 is 15.9 Å². The van der Waals surface area contributed by atoms with Gasteiger partial charge in [0.2, 0.25) is 5.91 Å². The number of piperazine rings is 1. The Morgan fingerprint density at radius 3 is 2.56 bits per heavy atom. The second kappa shape index (κ2) is 11.5. The molecule has 1 aliphatic heterocycles. The maximum atomic E-state index is 12.9. The zero-order valence-corrected chi connectivity index (χ0v) is 21.4. The highest BCUT2D eigenvalue weighted by Crippen LogP contribution is 2.31. The van der Waals surface area contributed by atoms with Crippen molar-refractivity contribution in [1.82, 2.24) is 10.2 Å². The molecule has 1 aliphatic rings. The summed E-state index contributed by atoms with van der Waals surface area (Å²) in [5.74, 6) is -0.698. The lowest BCUT2D eigenvalue weighted by molar-refractivity contribution is -0.152. The average Bonchev–Trinajstić information content (AvgIpc) is 2.79. The monoisotopic (exact) mass is 530 g/mol. The van der Waals surface area contributed by atoms with Crippen LogP contribution in [0.5, 0.6) is 5.75 Å². The van der Waals surface area contributed by atoms with Gasteiger partial charge in [-0.05, 0) is 44.6 Å². The summed E-state index contributed by atoms with van der Waals surface area (Å²) in [5.41, 5.74) is 2.18. The van der Waals surface area contributed by atoms with E-state index >= 15 is 0 Å². The van der Waals surface area contributed by atoms with Crippen LogP contribution in [0, 0.1) is 0 Å². The summed E-state index contributed by atoms with van der Waals surface area (Å²) in [6, 6.07) is 14.5. The van der Waals surface area contributed by atoms with Crippen molar-refractivity contribution in [2.24, 2.45) is 0 Å². The second-order valence-corrected chi connectivity index (χ2v) is 10.1. The van der Waals surface area contributed by atoms with Crippen molar-refractivity contribution >= 4 is 33.7 Å². The number of benzene rings is 2. The van der Waals surface area contributed by atoms with Crippen molar-refractivity contribution in [3.63, 3.8) is 0 Å². The SMILES string of the molecule is CC(C)(C)c1ccc(OCC(=O)N2CCNC(=O)C2CC(=O)OCCc2ccccc2)c(Br)c1. The third kappa shape index (κ3) is 7.06. The number of nitrogens with zero attached hydrogens (tertiary/aromatic N) is 1. The molecule has 0 aromatic heterocycles. The molecule has 2 aromatic rings. The van der Waals surface area contributed by atoms with Crippen molar-refractivity contribution in [3.8, 4) is 5.75 Å². The predicted octanol–water partition coefficient (Wildman–Crippen LogP) is 3.63. The van der Waals surface area contributed by atoms with E-state index in [4.69, 9.17) is 9.47 Å². The minimum Gasteiger partial charge on any atom is -0.483 e. The number of nitrogens with one attached hydrogen (secondary N) is 1. The highest BCUT2D eigenvalue weighted by Gasteiger charge is 2.35. The molecule has 2 amide bonds. The summed E-state index contributed by atoms with van der Waals surface area (Å²) in [5, 5.41) is 2.72. The molecule has 0 bridgehead atoms. The summed E-state index contributed by atoms with van der Waals surface area (Å²) < 4.78 is 11.8. The number of halogens is 1. The fourth-order valence-electron chi connectivity index (χ4n) is 3.67. The number of esters is 1. The van der Waals surface area contributed by atoms with Gasteiger partial charge in [0, 0.05) is 19.5 Å². The lowest BCUT2D eigenvalue weighted by atomic mass is 9.87. The number of amides is 2. The summed E-state index contributed by atoms with van der Waals surface area (Å²) in [6.45, 7) is 6.97. The van der Waals surface area contributed by atoms with Gasteiger partial charge in [-0.2, -0.15) is 0 Å². The topological polar surface area (TPSA) is 84.9 Å². The van der Waals surface area contributed by atoms with Gasteiger partial charge in [-0.3, -0.25) is 14.4 Å². The summed E-state index contributed by atoms with van der Waals surface area (Å²) in [4.78, 5) is 39.1. The highest BCUT2D eigenvalue weighted by molar-refractivity contribution is 9.10. The van der Waals surface area contributed by atoms with E-state index in [0.717, 1.165) is 15.6 Å². The highest BCUT2D eigenvalue weighted by atomic mass is 79.9. The van der Waals surface area contributed by atoms with Crippen LogP contribution in [0.15, 0.2) is 53.0 Å². The van der Waals surface area contributed by atoms with E-state index in [2.05, 4.69) is 42.0 Å². The van der Waals surface area contributed by atoms with Crippen LogP contribution in [-0.2, 0) is 31.0 Å². The molecule has 0 radical (unpaired) electrons. The molecule has 1 saturated heterocycles. The Hall–Kier alpha value is -2.87. The van der Waals surface area contributed by atoms with E-state index in [1.807, 2.05) is 48.5 Å². The van der Waals surface area contributed by atoms with Crippen LogP contribution < -0.4 is 10.1 Å². The van der Waals surface area contributed by atoms with Gasteiger partial charge in [-0.25, -0.2) is 0 Å². The molecular formula is C26H31BrN2O5. The largest absolute Gasteiger partial charge is 0.483 e. The van der Waals surface area contributed by atoms with Crippen LogP contribution in [0.2, 0.25) is 0 Å². The first-order valence-corrected chi connectivity index (χ1v) is 12.1. The minimum atomic E-state index is -0.916. The van der Waals surface area contributed by atoms with Gasteiger partial charge in [-0.1, -0.05) is 57.2 Å². The van der Waals surface area contributed by atoms with E-state index in [-0.39, 0.29) is 36.9 Å². The number of rotatable bonds is 8. The number of hydrogen-bond acceptors (Lipinski definition) is 5. The lowest BCUT2D eigenvalue weighted by Crippen LogP contribution is -2.58. The van der Waals surface area contributed by atoms with Crippen molar-refractivity contribution in [1.29, 1.82) is 0 Å². The molecule has 0 saturated carbocycles. The molecular weight excluding hydrogens is 500 g/mol. The average molecular weight is 531 g/mol.